The van der Waals surface area contributed by atoms with Crippen LogP contribution in [0.1, 0.15) is 15.9 Å². The summed E-state index contributed by atoms with van der Waals surface area (Å²) in [5, 5.41) is 5.35. The highest BCUT2D eigenvalue weighted by Gasteiger charge is 2.29. The van der Waals surface area contributed by atoms with E-state index in [2.05, 4.69) is 15.6 Å². The largest absolute Gasteiger partial charge is 0.348 e. The molecule has 0 aliphatic heterocycles. The molecule has 4 aromatic rings. The molecule has 4 rings (SSSR count). The van der Waals surface area contributed by atoms with Crippen LogP contribution in [0, 0.1) is 5.82 Å². The van der Waals surface area contributed by atoms with Crippen LogP contribution in [-0.4, -0.2) is 31.8 Å². The van der Waals surface area contributed by atoms with Crippen LogP contribution < -0.4 is 14.9 Å². The molecular weight excluding hydrogens is 495 g/mol. The van der Waals surface area contributed by atoms with Gasteiger partial charge in [0.2, 0.25) is 5.91 Å². The van der Waals surface area contributed by atoms with Gasteiger partial charge in [-0.3, -0.25) is 18.9 Å². The monoisotopic (exact) mass is 518 g/mol. The summed E-state index contributed by atoms with van der Waals surface area (Å²) in [6, 6.07) is 22.6. The number of carbonyl (C=O) groups is 2. The topological polar surface area (TPSA) is 108 Å². The smallest absolute Gasteiger partial charge is 0.264 e. The number of carbonyl (C=O) groups excluding carboxylic acids is 2. The van der Waals surface area contributed by atoms with Crippen LogP contribution >= 0.6 is 0 Å². The Bertz CT molecular complexity index is 1500. The first-order valence-electron chi connectivity index (χ1n) is 11.2. The van der Waals surface area contributed by atoms with Crippen LogP contribution in [0.4, 0.5) is 15.8 Å². The van der Waals surface area contributed by atoms with E-state index in [4.69, 9.17) is 0 Å². The molecular formula is C27H23FN4O4S. The molecule has 0 atom stereocenters. The Labute approximate surface area is 213 Å². The molecule has 0 aliphatic rings. The Hall–Kier alpha value is -4.57. The number of rotatable bonds is 9. The van der Waals surface area contributed by atoms with Crippen LogP contribution in [0.3, 0.4) is 0 Å². The molecule has 0 saturated heterocycles. The minimum Gasteiger partial charge on any atom is -0.348 e. The number of pyridine rings is 1. The van der Waals surface area contributed by atoms with Gasteiger partial charge < -0.3 is 10.6 Å². The van der Waals surface area contributed by atoms with Gasteiger partial charge in [-0.2, -0.15) is 0 Å². The molecule has 1 aromatic heterocycles. The molecule has 10 heteroatoms. The Morgan fingerprint density at radius 1 is 0.865 bits per heavy atom. The molecule has 3 aromatic carbocycles. The number of sulfonamides is 1. The number of nitrogens with one attached hydrogen (secondary N) is 2. The molecule has 188 valence electrons. The molecule has 1 heterocycles. The zero-order valence-corrected chi connectivity index (χ0v) is 20.4. The second-order valence-electron chi connectivity index (χ2n) is 7.91. The van der Waals surface area contributed by atoms with Crippen LogP contribution in [0.5, 0.6) is 0 Å². The number of aromatic nitrogens is 1. The van der Waals surface area contributed by atoms with Crippen molar-refractivity contribution in [1.29, 1.82) is 0 Å². The van der Waals surface area contributed by atoms with E-state index in [1.54, 1.807) is 36.7 Å². The fraction of sp³-hybridized carbons (Fsp3) is 0.0741. The highest BCUT2D eigenvalue weighted by molar-refractivity contribution is 7.92. The maximum atomic E-state index is 14.7. The summed E-state index contributed by atoms with van der Waals surface area (Å²) in [4.78, 5) is 29.8. The minimum absolute atomic E-state index is 0.0961. The average Bonchev–Trinajstić information content (AvgIpc) is 2.92. The van der Waals surface area contributed by atoms with Crippen molar-refractivity contribution in [2.75, 3.05) is 16.2 Å². The van der Waals surface area contributed by atoms with Gasteiger partial charge in [0.05, 0.1) is 21.8 Å². The number of amides is 2. The van der Waals surface area contributed by atoms with E-state index in [1.165, 1.54) is 54.6 Å². The Morgan fingerprint density at radius 3 is 2.30 bits per heavy atom. The zero-order valence-electron chi connectivity index (χ0n) is 19.5. The van der Waals surface area contributed by atoms with Crippen molar-refractivity contribution in [3.63, 3.8) is 0 Å². The standard InChI is InChI=1S/C27H23FN4O4S/c28-23-13-5-7-15-25(23)32(37(35,36)21-10-2-1-3-11-21)19-26(33)31-24-14-6-4-12-22(24)27(34)30-18-20-9-8-16-29-17-20/h1-17H,18-19H2,(H,30,34)(H,31,33). The summed E-state index contributed by atoms with van der Waals surface area (Å²) in [5.41, 5.74) is 0.887. The SMILES string of the molecule is O=C(CN(c1ccccc1F)S(=O)(=O)c1ccccc1)Nc1ccccc1C(=O)NCc1cccnc1. The highest BCUT2D eigenvalue weighted by atomic mass is 32.2. The van der Waals surface area contributed by atoms with E-state index in [0.29, 0.717) is 4.31 Å². The highest BCUT2D eigenvalue weighted by Crippen LogP contribution is 2.26. The van der Waals surface area contributed by atoms with E-state index in [9.17, 15) is 22.4 Å². The van der Waals surface area contributed by atoms with Gasteiger partial charge in [-0.05, 0) is 48.0 Å². The average molecular weight is 519 g/mol. The van der Waals surface area contributed by atoms with Crippen molar-refractivity contribution in [3.05, 3.63) is 120 Å². The lowest BCUT2D eigenvalue weighted by atomic mass is 10.1. The lowest BCUT2D eigenvalue weighted by Gasteiger charge is -2.24. The Kier molecular flexibility index (Phi) is 7.89. The summed E-state index contributed by atoms with van der Waals surface area (Å²) < 4.78 is 42.1. The molecule has 0 bridgehead atoms. The first-order valence-corrected chi connectivity index (χ1v) is 12.7. The molecule has 37 heavy (non-hydrogen) atoms. The minimum atomic E-state index is -4.28. The number of benzene rings is 3. The lowest BCUT2D eigenvalue weighted by Crippen LogP contribution is -2.39. The van der Waals surface area contributed by atoms with E-state index >= 15 is 0 Å². The second kappa shape index (κ2) is 11.4. The number of hydrogen-bond acceptors (Lipinski definition) is 5. The quantitative estimate of drug-likeness (QED) is 0.348. The maximum absolute atomic E-state index is 14.7. The first-order chi connectivity index (χ1) is 17.9. The van der Waals surface area contributed by atoms with Gasteiger partial charge in [-0.1, -0.05) is 48.5 Å². The van der Waals surface area contributed by atoms with Gasteiger partial charge >= 0.3 is 0 Å². The van der Waals surface area contributed by atoms with Crippen LogP contribution in [0.25, 0.3) is 0 Å². The van der Waals surface area contributed by atoms with Crippen LogP contribution in [-0.2, 0) is 21.4 Å². The van der Waals surface area contributed by atoms with Gasteiger partial charge in [-0.25, -0.2) is 12.8 Å². The van der Waals surface area contributed by atoms with Crippen molar-refractivity contribution in [2.24, 2.45) is 0 Å². The normalized spacial score (nSPS) is 10.9. The number of nitrogens with zero attached hydrogens (tertiary/aromatic N) is 2. The van der Waals surface area contributed by atoms with Crippen LogP contribution in [0.15, 0.2) is 108 Å². The number of anilines is 2. The molecule has 0 radical (unpaired) electrons. The summed E-state index contributed by atoms with van der Waals surface area (Å²) in [6.45, 7) is -0.491. The fourth-order valence-electron chi connectivity index (χ4n) is 3.56. The van der Waals surface area contributed by atoms with Crippen molar-refractivity contribution >= 4 is 33.2 Å². The number of para-hydroxylation sites is 2. The third-order valence-electron chi connectivity index (χ3n) is 5.36. The number of hydrogen-bond donors (Lipinski definition) is 2. The zero-order chi connectivity index (χ0) is 26.3. The van der Waals surface area contributed by atoms with Gasteiger partial charge in [0, 0.05) is 18.9 Å². The molecule has 2 amide bonds. The Morgan fingerprint density at radius 2 is 1.57 bits per heavy atom. The summed E-state index contributed by atoms with van der Waals surface area (Å²) in [7, 11) is -4.28. The molecule has 0 unspecified atom stereocenters. The molecule has 0 spiro atoms. The van der Waals surface area contributed by atoms with Gasteiger partial charge in [0.1, 0.15) is 12.4 Å². The summed E-state index contributed by atoms with van der Waals surface area (Å²) >= 11 is 0. The third kappa shape index (κ3) is 6.17. The number of halogens is 1. The molecule has 8 nitrogen and oxygen atoms in total. The summed E-state index contributed by atoms with van der Waals surface area (Å²) in [5.74, 6) is -2.00. The van der Waals surface area contributed by atoms with Crippen LogP contribution in [0.2, 0.25) is 0 Å². The van der Waals surface area contributed by atoms with E-state index < -0.39 is 34.2 Å². The summed E-state index contributed by atoms with van der Waals surface area (Å²) in [6.07, 6.45) is 3.25. The molecule has 0 saturated carbocycles. The van der Waals surface area contributed by atoms with Crippen molar-refractivity contribution < 1.29 is 22.4 Å². The van der Waals surface area contributed by atoms with E-state index in [0.717, 1.165) is 11.6 Å². The lowest BCUT2D eigenvalue weighted by molar-refractivity contribution is -0.114. The van der Waals surface area contributed by atoms with E-state index in [-0.39, 0.29) is 28.4 Å². The van der Waals surface area contributed by atoms with Crippen molar-refractivity contribution in [3.8, 4) is 0 Å². The fourth-order valence-corrected chi connectivity index (χ4v) is 5.01. The maximum Gasteiger partial charge on any atom is 0.264 e. The van der Waals surface area contributed by atoms with E-state index in [1.807, 2.05) is 6.07 Å². The third-order valence-corrected chi connectivity index (χ3v) is 7.14. The molecule has 0 fully saturated rings. The molecule has 0 aliphatic carbocycles. The predicted molar refractivity (Wildman–Crippen MR) is 138 cm³/mol. The van der Waals surface area contributed by atoms with Gasteiger partial charge in [0.15, 0.2) is 0 Å². The van der Waals surface area contributed by atoms with Gasteiger partial charge in [-0.15, -0.1) is 0 Å². The second-order valence-corrected chi connectivity index (χ2v) is 9.78. The van der Waals surface area contributed by atoms with Crippen molar-refractivity contribution in [2.45, 2.75) is 11.4 Å². The van der Waals surface area contributed by atoms with Crippen molar-refractivity contribution in [1.82, 2.24) is 10.3 Å². The predicted octanol–water partition coefficient (Wildman–Crippen LogP) is 3.98. The van der Waals surface area contributed by atoms with Gasteiger partial charge in [0.25, 0.3) is 15.9 Å². The Balaban J connectivity index is 1.56. The first kappa shape index (κ1) is 25.5. The molecule has 2 N–H and O–H groups in total.